The van der Waals surface area contributed by atoms with Crippen LogP contribution in [0.2, 0.25) is 5.04 Å². The summed E-state index contributed by atoms with van der Waals surface area (Å²) in [5.74, 6) is 0. The van der Waals surface area contributed by atoms with Gasteiger partial charge in [0, 0.05) is 0 Å². The fourth-order valence-electron chi connectivity index (χ4n) is 10.0. The molecule has 0 saturated heterocycles. The minimum Gasteiger partial charge on any atom is -1.00 e. The molecule has 0 aromatic heterocycles. The summed E-state index contributed by atoms with van der Waals surface area (Å²) in [5, 5.41) is 4.14. The number of hydrogen-bond donors (Lipinski definition) is 0. The van der Waals surface area contributed by atoms with Crippen molar-refractivity contribution in [3.8, 4) is 33.4 Å². The molecule has 0 radical (unpaired) electrons. The Bertz CT molecular complexity index is 2270. The Morgan fingerprint density at radius 3 is 0.887 bits per heavy atom. The second kappa shape index (κ2) is 21.5. The first-order valence-corrected chi connectivity index (χ1v) is 25.1. The molecule has 6 aromatic carbocycles. The average molecular weight is 930 g/mol. The second-order valence-electron chi connectivity index (χ2n) is 17.1. The molecule has 0 nitrogen and oxygen atoms in total. The van der Waals surface area contributed by atoms with E-state index in [0.29, 0.717) is 0 Å². The molecular formula is C57H63Cl3SiTi. The van der Waals surface area contributed by atoms with Gasteiger partial charge in [0.15, 0.2) is 0 Å². The van der Waals surface area contributed by atoms with Crippen LogP contribution < -0.4 is 52.8 Å². The molecular weight excluding hydrogens is 867 g/mol. The maximum atomic E-state index is 2.61. The molecule has 0 N–H and O–H groups in total. The average Bonchev–Trinajstić information content (AvgIpc) is 3.44. The first-order valence-electron chi connectivity index (χ1n) is 22.3. The van der Waals surface area contributed by atoms with E-state index in [1.54, 1.807) is 0 Å². The largest absolute Gasteiger partial charge is 1.00 e. The van der Waals surface area contributed by atoms with Crippen molar-refractivity contribution in [1.29, 1.82) is 0 Å². The van der Waals surface area contributed by atoms with E-state index in [1.165, 1.54) is 103 Å². The Morgan fingerprint density at radius 1 is 0.387 bits per heavy atom. The van der Waals surface area contributed by atoms with Gasteiger partial charge in [-0.15, -0.1) is 0 Å². The summed E-state index contributed by atoms with van der Waals surface area (Å²) in [4.78, 5) is 0. The van der Waals surface area contributed by atoms with Crippen LogP contribution in [0.1, 0.15) is 103 Å². The van der Waals surface area contributed by atoms with Crippen molar-refractivity contribution in [1.82, 2.24) is 0 Å². The fourth-order valence-corrected chi connectivity index (χ4v) is 17.7. The van der Waals surface area contributed by atoms with Gasteiger partial charge in [-0.3, -0.25) is 0 Å². The normalized spacial score (nSPS) is 15.0. The van der Waals surface area contributed by atoms with Gasteiger partial charge in [0.1, 0.15) is 0 Å². The van der Waals surface area contributed by atoms with Crippen LogP contribution in [0.5, 0.6) is 0 Å². The summed E-state index contributed by atoms with van der Waals surface area (Å²) in [7, 11) is -3.06. The van der Waals surface area contributed by atoms with Crippen LogP contribution in [0.15, 0.2) is 148 Å². The number of aryl methyl sites for hydroxylation is 6. The standard InChI is InChI=1S/C57H63Si.3ClH.Ti/c1-11-42-26-43(12-2)30-51(29-42)48-20-17-23-54(35-48)58(57(10)38-39(7)40(8)41(57)9,55-24-18-21-49(36-55)52-31-44(13-3)27-45(14-4)32-52)56-25-19-22-50(37-56)53-33-46(15-5)28-47(16-6)34-53;;;;/h17-37H,11-16H2,1-10H3;3*1H;/q;;;;+3/p-3. The molecule has 0 fully saturated rings. The maximum Gasteiger partial charge on any atom is -1.00 e. The zero-order valence-corrected chi connectivity index (χ0v) is 43.3. The van der Waals surface area contributed by atoms with Gasteiger partial charge >= 0.3 is 372 Å². The minimum absolute atomic E-state index is 0. The number of benzene rings is 6. The number of halogens is 3. The Balaban J connectivity index is 0.00000282. The van der Waals surface area contributed by atoms with E-state index in [4.69, 9.17) is 0 Å². The van der Waals surface area contributed by atoms with Crippen LogP contribution in [0.4, 0.5) is 0 Å². The van der Waals surface area contributed by atoms with Crippen molar-refractivity contribution < 1.29 is 57.7 Å². The van der Waals surface area contributed by atoms with Gasteiger partial charge in [-0.05, 0) is 0 Å². The Hall–Kier alpha value is -3.40. The van der Waals surface area contributed by atoms with E-state index < -0.39 is 8.07 Å². The summed E-state index contributed by atoms with van der Waals surface area (Å²) in [6.07, 6.45) is 6.17. The van der Waals surface area contributed by atoms with Gasteiger partial charge in [-0.25, -0.2) is 0 Å². The van der Waals surface area contributed by atoms with E-state index in [9.17, 15) is 0 Å². The zero-order chi connectivity index (χ0) is 42.1. The monoisotopic (exact) mass is 928 g/mol. The molecule has 0 amide bonds. The van der Waals surface area contributed by atoms with Crippen LogP contribution in [-0.2, 0) is 59.0 Å². The van der Waals surface area contributed by atoms with E-state index >= 15 is 0 Å². The fraction of sp³-hybridized carbons (Fsp3) is 0.298. The third kappa shape index (κ3) is 9.24. The summed E-state index contributed by atoms with van der Waals surface area (Å²) in [6.45, 7) is 23.5. The van der Waals surface area contributed by atoms with E-state index in [-0.39, 0.29) is 42.3 Å². The molecule has 1 aliphatic carbocycles. The van der Waals surface area contributed by atoms with Crippen LogP contribution in [-0.4, -0.2) is 8.07 Å². The third-order valence-electron chi connectivity index (χ3n) is 14.0. The number of hydrogen-bond acceptors (Lipinski definition) is 0. The molecule has 0 aliphatic heterocycles. The Kier molecular flexibility index (Phi) is 17.8. The summed E-state index contributed by atoms with van der Waals surface area (Å²) >= 11 is 2.45. The van der Waals surface area contributed by atoms with Gasteiger partial charge < -0.3 is 37.2 Å². The first-order chi connectivity index (χ1) is 28.4. The number of rotatable bonds is 13. The molecule has 0 heterocycles. The maximum absolute atomic E-state index is 3.06. The van der Waals surface area contributed by atoms with Crippen molar-refractivity contribution in [3.63, 3.8) is 0 Å². The molecule has 0 saturated carbocycles. The summed E-state index contributed by atoms with van der Waals surface area (Å²) in [6, 6.07) is 51.2. The van der Waals surface area contributed by atoms with Crippen LogP contribution >= 0.6 is 0 Å². The summed E-state index contributed by atoms with van der Waals surface area (Å²) in [5.41, 5.74) is 20.7. The SMILES string of the molecule is CCc1cc(CC)cc(-c2cccc([Si](c3cccc(-c4cc(CC)cc(CC)c4)c3)(c3cccc(-c4cc(CC)cc(CC)c4)c3)C3(C)C(C)=C(C)C(C)=[C]3[Ti+3])c2)c1.[Cl-].[Cl-].[Cl-]. The molecule has 0 spiro atoms. The predicted molar refractivity (Wildman–Crippen MR) is 256 cm³/mol. The zero-order valence-electron chi connectivity index (χ0n) is 38.5. The van der Waals surface area contributed by atoms with Gasteiger partial charge in [-0.2, -0.15) is 0 Å². The van der Waals surface area contributed by atoms with Gasteiger partial charge in [0.05, 0.1) is 0 Å². The van der Waals surface area contributed by atoms with Crippen LogP contribution in [0, 0.1) is 0 Å². The first kappa shape index (κ1) is 51.2. The Labute approximate surface area is 405 Å². The van der Waals surface area contributed by atoms with Crippen molar-refractivity contribution in [2.24, 2.45) is 0 Å². The molecule has 1 atom stereocenters. The second-order valence-corrected chi connectivity index (χ2v) is 22.1. The molecule has 6 aromatic rings. The van der Waals surface area contributed by atoms with Crippen molar-refractivity contribution in [3.05, 3.63) is 181 Å². The molecule has 1 unspecified atom stereocenters. The Morgan fingerprint density at radius 2 is 0.661 bits per heavy atom. The third-order valence-corrected chi connectivity index (χ3v) is 21.4. The minimum atomic E-state index is -3.06. The van der Waals surface area contributed by atoms with Crippen LogP contribution in [0.25, 0.3) is 33.4 Å². The van der Waals surface area contributed by atoms with Crippen molar-refractivity contribution in [2.45, 2.75) is 113 Å². The van der Waals surface area contributed by atoms with Crippen molar-refractivity contribution >= 4 is 23.6 Å². The molecule has 0 bridgehead atoms. The van der Waals surface area contributed by atoms with E-state index in [2.05, 4.69) is 217 Å². The van der Waals surface area contributed by atoms with Gasteiger partial charge in [0.25, 0.3) is 0 Å². The molecule has 1 aliphatic rings. The molecule has 5 heteroatoms. The van der Waals surface area contributed by atoms with Crippen molar-refractivity contribution in [2.75, 3.05) is 0 Å². The topological polar surface area (TPSA) is 0 Å². The molecule has 62 heavy (non-hydrogen) atoms. The predicted octanol–water partition coefficient (Wildman–Crippen LogP) is 4.48. The van der Waals surface area contributed by atoms with E-state index in [1.807, 2.05) is 0 Å². The smallest absolute Gasteiger partial charge is 1.00 e. The number of allylic oxidation sites excluding steroid dienone is 4. The molecule has 320 valence electrons. The quantitative estimate of drug-likeness (QED) is 0.119. The molecule has 7 rings (SSSR count). The van der Waals surface area contributed by atoms with Gasteiger partial charge in [0.2, 0.25) is 0 Å². The van der Waals surface area contributed by atoms with Crippen LogP contribution in [0.3, 0.4) is 0 Å². The summed E-state index contributed by atoms with van der Waals surface area (Å²) < 4.78 is 1.50. The van der Waals surface area contributed by atoms with Gasteiger partial charge in [-0.1, -0.05) is 0 Å². The van der Waals surface area contributed by atoms with E-state index in [0.717, 1.165) is 38.5 Å².